The van der Waals surface area contributed by atoms with Crippen molar-refractivity contribution in [2.45, 2.75) is 10.8 Å². The van der Waals surface area contributed by atoms with Crippen molar-refractivity contribution in [3.8, 4) is 0 Å². The van der Waals surface area contributed by atoms with E-state index in [0.717, 1.165) is 23.5 Å². The van der Waals surface area contributed by atoms with Crippen LogP contribution in [-0.2, 0) is 16.6 Å². The quantitative estimate of drug-likeness (QED) is 0.883. The molecule has 0 saturated carbocycles. The first-order valence-electron chi connectivity index (χ1n) is 5.07. The lowest BCUT2D eigenvalue weighted by Crippen LogP contribution is -2.23. The lowest BCUT2D eigenvalue weighted by atomic mass is 10.2. The van der Waals surface area contributed by atoms with Crippen LogP contribution in [0.15, 0.2) is 33.9 Å². The summed E-state index contributed by atoms with van der Waals surface area (Å²) in [5.74, 6) is -4.33. The summed E-state index contributed by atoms with van der Waals surface area (Å²) in [5, 5.41) is 1.58. The van der Waals surface area contributed by atoms with Gasteiger partial charge in [0.15, 0.2) is 17.5 Å². The molecule has 0 unspecified atom stereocenters. The Balaban J connectivity index is 2.18. The second-order valence-corrected chi connectivity index (χ2v) is 6.53. The van der Waals surface area contributed by atoms with E-state index >= 15 is 0 Å². The highest BCUT2D eigenvalue weighted by Crippen LogP contribution is 2.18. The number of thiophene rings is 1. The van der Waals surface area contributed by atoms with Gasteiger partial charge in [-0.05, 0) is 17.5 Å². The van der Waals surface area contributed by atoms with E-state index in [1.54, 1.807) is 11.4 Å². The summed E-state index contributed by atoms with van der Waals surface area (Å²) in [6, 6.07) is 4.67. The normalized spacial score (nSPS) is 11.7. The van der Waals surface area contributed by atoms with Gasteiger partial charge in [0.25, 0.3) is 0 Å². The van der Waals surface area contributed by atoms with Crippen LogP contribution in [0.5, 0.6) is 0 Å². The van der Waals surface area contributed by atoms with Crippen molar-refractivity contribution in [3.63, 3.8) is 0 Å². The van der Waals surface area contributed by atoms with E-state index < -0.39 is 34.0 Å². The van der Waals surface area contributed by atoms with Gasteiger partial charge in [0.2, 0.25) is 10.0 Å². The van der Waals surface area contributed by atoms with Crippen LogP contribution in [-0.4, -0.2) is 8.42 Å². The maximum atomic E-state index is 13.3. The first-order valence-corrected chi connectivity index (χ1v) is 7.43. The zero-order valence-electron chi connectivity index (χ0n) is 9.36. The van der Waals surface area contributed by atoms with Gasteiger partial charge in [0.1, 0.15) is 4.21 Å². The van der Waals surface area contributed by atoms with E-state index in [-0.39, 0.29) is 9.77 Å². The minimum Gasteiger partial charge on any atom is -0.206 e. The molecule has 0 fully saturated rings. The fourth-order valence-electron chi connectivity index (χ4n) is 1.36. The fourth-order valence-corrected chi connectivity index (χ4v) is 3.41. The van der Waals surface area contributed by atoms with Gasteiger partial charge in [-0.15, -0.1) is 11.3 Å². The van der Waals surface area contributed by atoms with Gasteiger partial charge in [-0.2, -0.15) is 0 Å². The molecule has 0 aliphatic carbocycles. The second kappa shape index (κ2) is 5.32. The minimum atomic E-state index is -3.77. The van der Waals surface area contributed by atoms with Crippen LogP contribution >= 0.6 is 11.3 Å². The molecule has 2 aromatic rings. The van der Waals surface area contributed by atoms with Crippen LogP contribution in [0.4, 0.5) is 13.2 Å². The Morgan fingerprint density at radius 1 is 1.11 bits per heavy atom. The van der Waals surface area contributed by atoms with Gasteiger partial charge < -0.3 is 0 Å². The number of rotatable bonds is 4. The highest BCUT2D eigenvalue weighted by molar-refractivity contribution is 7.91. The van der Waals surface area contributed by atoms with Gasteiger partial charge in [0.05, 0.1) is 0 Å². The monoisotopic (exact) mass is 307 g/mol. The number of hydrogen-bond donors (Lipinski definition) is 1. The fraction of sp³-hybridized carbons (Fsp3) is 0.0909. The van der Waals surface area contributed by atoms with Crippen molar-refractivity contribution in [1.29, 1.82) is 0 Å². The first-order chi connectivity index (χ1) is 8.92. The van der Waals surface area contributed by atoms with Crippen molar-refractivity contribution >= 4 is 21.4 Å². The van der Waals surface area contributed by atoms with E-state index in [0.29, 0.717) is 0 Å². The molecular weight excluding hydrogens is 299 g/mol. The van der Waals surface area contributed by atoms with Crippen molar-refractivity contribution in [3.05, 3.63) is 52.7 Å². The van der Waals surface area contributed by atoms with Crippen LogP contribution in [0.1, 0.15) is 5.56 Å². The van der Waals surface area contributed by atoms with E-state index in [2.05, 4.69) is 4.72 Å². The maximum Gasteiger partial charge on any atom is 0.250 e. The van der Waals surface area contributed by atoms with E-state index in [1.165, 1.54) is 6.07 Å². The second-order valence-electron chi connectivity index (χ2n) is 3.59. The van der Waals surface area contributed by atoms with Crippen LogP contribution in [0, 0.1) is 17.5 Å². The Hall–Kier alpha value is -1.38. The van der Waals surface area contributed by atoms with Crippen LogP contribution in [0.3, 0.4) is 0 Å². The first kappa shape index (κ1) is 14.0. The van der Waals surface area contributed by atoms with Gasteiger partial charge in [-0.25, -0.2) is 26.3 Å². The van der Waals surface area contributed by atoms with Crippen LogP contribution in [0.2, 0.25) is 0 Å². The zero-order valence-corrected chi connectivity index (χ0v) is 11.0. The van der Waals surface area contributed by atoms with Gasteiger partial charge in [0, 0.05) is 12.1 Å². The molecule has 1 N–H and O–H groups in total. The van der Waals surface area contributed by atoms with Crippen LogP contribution in [0.25, 0.3) is 0 Å². The Kier molecular flexibility index (Phi) is 3.93. The number of benzene rings is 1. The maximum absolute atomic E-state index is 13.3. The third kappa shape index (κ3) is 2.96. The molecule has 0 aliphatic heterocycles. The van der Waals surface area contributed by atoms with Crippen molar-refractivity contribution in [2.24, 2.45) is 0 Å². The molecule has 3 nitrogen and oxygen atoms in total. The Labute approximate surface area is 111 Å². The smallest absolute Gasteiger partial charge is 0.206 e. The summed E-state index contributed by atoms with van der Waals surface area (Å²) in [7, 11) is -3.77. The molecule has 0 aliphatic rings. The summed E-state index contributed by atoms with van der Waals surface area (Å²) >= 11 is 0.997. The van der Waals surface area contributed by atoms with Gasteiger partial charge in [-0.3, -0.25) is 0 Å². The average Bonchev–Trinajstić information content (AvgIpc) is 2.90. The molecule has 0 radical (unpaired) electrons. The summed E-state index contributed by atoms with van der Waals surface area (Å²) in [6.07, 6.45) is 0. The molecule has 0 amide bonds. The molecule has 8 heteroatoms. The molecule has 2 rings (SSSR count). The molecular formula is C11H8F3NO2S2. The highest BCUT2D eigenvalue weighted by Gasteiger charge is 2.18. The number of hydrogen-bond acceptors (Lipinski definition) is 3. The predicted molar refractivity (Wildman–Crippen MR) is 64.7 cm³/mol. The third-order valence-electron chi connectivity index (χ3n) is 2.33. The van der Waals surface area contributed by atoms with E-state index in [9.17, 15) is 21.6 Å². The van der Waals surface area contributed by atoms with Crippen molar-refractivity contribution in [2.75, 3.05) is 0 Å². The summed E-state index contributed by atoms with van der Waals surface area (Å²) in [5.41, 5.74) is -0.265. The summed E-state index contributed by atoms with van der Waals surface area (Å²) in [6.45, 7) is -0.455. The lowest BCUT2D eigenvalue weighted by molar-refractivity contribution is 0.440. The number of halogens is 3. The molecule has 102 valence electrons. The highest BCUT2D eigenvalue weighted by atomic mass is 32.2. The average molecular weight is 307 g/mol. The van der Waals surface area contributed by atoms with Crippen molar-refractivity contribution < 1.29 is 21.6 Å². The van der Waals surface area contributed by atoms with Gasteiger partial charge in [-0.1, -0.05) is 12.1 Å². The summed E-state index contributed by atoms with van der Waals surface area (Å²) < 4.78 is 64.7. The SMILES string of the molecule is O=S(=O)(NCc1ccc(F)c(F)c1F)c1cccs1. The predicted octanol–water partition coefficient (Wildman–Crippen LogP) is 2.64. The Morgan fingerprint density at radius 3 is 2.47 bits per heavy atom. The van der Waals surface area contributed by atoms with Crippen LogP contribution < -0.4 is 4.72 Å². The molecule has 0 spiro atoms. The molecule has 1 aromatic carbocycles. The molecule has 0 bridgehead atoms. The van der Waals surface area contributed by atoms with Crippen molar-refractivity contribution in [1.82, 2.24) is 4.72 Å². The third-order valence-corrected chi connectivity index (χ3v) is 5.13. The molecule has 0 saturated heterocycles. The van der Waals surface area contributed by atoms with E-state index in [4.69, 9.17) is 0 Å². The zero-order chi connectivity index (χ0) is 14.0. The molecule has 1 aromatic heterocycles. The molecule has 0 atom stereocenters. The minimum absolute atomic E-state index is 0.0653. The van der Waals surface area contributed by atoms with Gasteiger partial charge >= 0.3 is 0 Å². The molecule has 1 heterocycles. The molecule has 19 heavy (non-hydrogen) atoms. The number of sulfonamides is 1. The summed E-state index contributed by atoms with van der Waals surface area (Å²) in [4.78, 5) is 0. The number of nitrogens with one attached hydrogen (secondary N) is 1. The Bertz CT molecular complexity index is 684. The topological polar surface area (TPSA) is 46.2 Å². The van der Waals surface area contributed by atoms with E-state index in [1.807, 2.05) is 0 Å². The lowest BCUT2D eigenvalue weighted by Gasteiger charge is -2.06. The largest absolute Gasteiger partial charge is 0.250 e. The standard InChI is InChI=1S/C11H8F3NO2S2/c12-8-4-3-7(10(13)11(8)14)6-15-19(16,17)9-2-1-5-18-9/h1-5,15H,6H2. The Morgan fingerprint density at radius 2 is 1.84 bits per heavy atom.